The first-order chi connectivity index (χ1) is 13.4. The summed E-state index contributed by atoms with van der Waals surface area (Å²) in [6.45, 7) is 1.44. The number of rotatable bonds is 8. The summed E-state index contributed by atoms with van der Waals surface area (Å²) in [7, 11) is -5.18. The molecule has 0 spiro atoms. The Labute approximate surface area is 162 Å². The number of nitrogens with zero attached hydrogens (tertiary/aromatic N) is 2. The van der Waals surface area contributed by atoms with Gasteiger partial charge in [0.2, 0.25) is 0 Å². The molecule has 1 rings (SSSR count). The molecule has 0 radical (unpaired) electrons. The molecule has 0 N–H and O–H groups in total. The van der Waals surface area contributed by atoms with Gasteiger partial charge in [0.25, 0.3) is 5.69 Å². The van der Waals surface area contributed by atoms with Gasteiger partial charge in [-0.05, 0) is 19.1 Å². The van der Waals surface area contributed by atoms with Crippen LogP contribution in [0.4, 0.5) is 18.9 Å². The lowest BCUT2D eigenvalue weighted by molar-refractivity contribution is -0.385. The van der Waals surface area contributed by atoms with Crippen molar-refractivity contribution in [2.75, 3.05) is 13.7 Å². The lowest BCUT2D eigenvalue weighted by atomic mass is 10.1. The highest BCUT2D eigenvalue weighted by atomic mass is 32.2. The van der Waals surface area contributed by atoms with E-state index in [-0.39, 0.29) is 17.7 Å². The van der Waals surface area contributed by atoms with E-state index in [0.717, 1.165) is 19.3 Å². The Balaban J connectivity index is 3.63. The fourth-order valence-electron chi connectivity index (χ4n) is 1.91. The van der Waals surface area contributed by atoms with Gasteiger partial charge in [0.15, 0.2) is 11.5 Å². The Bertz CT molecular complexity index is 981. The van der Waals surface area contributed by atoms with E-state index in [1.165, 1.54) is 6.92 Å². The van der Waals surface area contributed by atoms with Crippen LogP contribution in [0.2, 0.25) is 0 Å². The number of hydrogen-bond donors (Lipinski definition) is 0. The maximum Gasteiger partial charge on any atom is 0.534 e. The monoisotopic (exact) mass is 438 g/mol. The zero-order valence-corrected chi connectivity index (χ0v) is 15.7. The van der Waals surface area contributed by atoms with Gasteiger partial charge in [-0.3, -0.25) is 10.1 Å². The molecule has 0 aliphatic heterocycles. The zero-order chi connectivity index (χ0) is 22.4. The average Bonchev–Trinajstić information content (AvgIpc) is 2.60. The number of esters is 1. The maximum absolute atomic E-state index is 12.5. The topological polar surface area (TPSA) is 146 Å². The van der Waals surface area contributed by atoms with Crippen molar-refractivity contribution in [2.45, 2.75) is 18.9 Å². The number of alkyl halides is 3. The van der Waals surface area contributed by atoms with E-state index in [4.69, 9.17) is 14.7 Å². The van der Waals surface area contributed by atoms with Crippen LogP contribution < -0.4 is 8.92 Å². The molecule has 1 aromatic carbocycles. The van der Waals surface area contributed by atoms with Crippen LogP contribution in [0.3, 0.4) is 0 Å². The normalized spacial score (nSPS) is 12.1. The van der Waals surface area contributed by atoms with Gasteiger partial charge in [-0.25, -0.2) is 4.79 Å². The summed E-state index contributed by atoms with van der Waals surface area (Å²) in [5, 5.41) is 20.1. The third-order valence-electron chi connectivity index (χ3n) is 3.13. The molecule has 0 aliphatic carbocycles. The van der Waals surface area contributed by atoms with Crippen molar-refractivity contribution >= 4 is 27.9 Å². The van der Waals surface area contributed by atoms with E-state index in [1.807, 2.05) is 0 Å². The first-order valence-corrected chi connectivity index (χ1v) is 8.90. The van der Waals surface area contributed by atoms with E-state index in [1.54, 1.807) is 6.07 Å². The minimum Gasteiger partial charge on any atom is -0.493 e. The smallest absolute Gasteiger partial charge is 0.493 e. The van der Waals surface area contributed by atoms with Crippen molar-refractivity contribution < 1.29 is 45.0 Å². The molecule has 0 fully saturated rings. The van der Waals surface area contributed by atoms with Crippen LogP contribution in [0.5, 0.6) is 11.5 Å². The number of nitriles is 1. The maximum atomic E-state index is 12.5. The van der Waals surface area contributed by atoms with Crippen molar-refractivity contribution in [3.63, 3.8) is 0 Å². The number of carbonyl (C=O) groups excluding carboxylic acids is 1. The summed E-state index contributed by atoms with van der Waals surface area (Å²) >= 11 is 0. The lowest BCUT2D eigenvalue weighted by Crippen LogP contribution is -2.28. The number of benzene rings is 1. The Morgan fingerprint density at radius 3 is 2.41 bits per heavy atom. The predicted octanol–water partition coefficient (Wildman–Crippen LogP) is 2.69. The third kappa shape index (κ3) is 5.82. The summed E-state index contributed by atoms with van der Waals surface area (Å²) in [6, 6.07) is 2.84. The van der Waals surface area contributed by atoms with Gasteiger partial charge in [0.05, 0.1) is 48.3 Å². The van der Waals surface area contributed by atoms with Crippen LogP contribution in [0, 0.1) is 21.4 Å². The van der Waals surface area contributed by atoms with Gasteiger partial charge < -0.3 is 13.7 Å². The van der Waals surface area contributed by atoms with E-state index in [0.29, 0.717) is 6.07 Å². The number of carbonyl (C=O) groups is 1. The third-order valence-corrected chi connectivity index (χ3v) is 4.10. The number of halogens is 3. The van der Waals surface area contributed by atoms with Gasteiger partial charge in [0.1, 0.15) is 0 Å². The Hall–Kier alpha value is -3.34. The number of methoxy groups -OCH3 is 1. The molecule has 1 aromatic rings. The van der Waals surface area contributed by atoms with E-state index >= 15 is 0 Å². The van der Waals surface area contributed by atoms with Gasteiger partial charge in [-0.1, -0.05) is 0 Å². The van der Waals surface area contributed by atoms with Crippen molar-refractivity contribution in [2.24, 2.45) is 0 Å². The van der Waals surface area contributed by atoms with Crippen molar-refractivity contribution in [1.29, 1.82) is 5.26 Å². The van der Waals surface area contributed by atoms with Crippen molar-refractivity contribution in [3.8, 4) is 17.6 Å². The van der Waals surface area contributed by atoms with Gasteiger partial charge in [-0.15, -0.1) is 0 Å². The number of nitro benzene ring substituents is 1. The van der Waals surface area contributed by atoms with Gasteiger partial charge in [0, 0.05) is 0 Å². The van der Waals surface area contributed by atoms with E-state index in [2.05, 4.69) is 4.18 Å². The molecule has 0 saturated heterocycles. The van der Waals surface area contributed by atoms with Gasteiger partial charge >= 0.3 is 21.6 Å². The zero-order valence-electron chi connectivity index (χ0n) is 14.8. The molecule has 0 amide bonds. The van der Waals surface area contributed by atoms with Crippen LogP contribution in [0.15, 0.2) is 17.7 Å². The highest BCUT2D eigenvalue weighted by Gasteiger charge is 2.49. The first-order valence-electron chi connectivity index (χ1n) is 7.49. The Kier molecular flexibility index (Phi) is 7.55. The van der Waals surface area contributed by atoms with Crippen LogP contribution in [-0.4, -0.2) is 38.5 Å². The molecule has 0 atom stereocenters. The Morgan fingerprint density at radius 2 is 1.97 bits per heavy atom. The molecule has 0 aromatic heterocycles. The van der Waals surface area contributed by atoms with Gasteiger partial charge in [-0.2, -0.15) is 26.9 Å². The molecule has 0 heterocycles. The fraction of sp³-hybridized carbons (Fsp3) is 0.333. The molecule has 14 heteroatoms. The highest BCUT2D eigenvalue weighted by molar-refractivity contribution is 7.88. The van der Waals surface area contributed by atoms with Crippen molar-refractivity contribution in [1.82, 2.24) is 0 Å². The average molecular weight is 438 g/mol. The molecular formula is C15H13F3N2O8S. The standard InChI is InChI=1S/C15H13F3N2O8S/c1-3-27-14(21)9(4-5-19)6-10-7-12(26-2)13(8-11(10)20(22)23)28-29(24,25)15(16,17)18/h6-8H,3-4H2,1-2H3. The molecule has 158 valence electrons. The van der Waals surface area contributed by atoms with Crippen LogP contribution in [0.1, 0.15) is 18.9 Å². The predicted molar refractivity (Wildman–Crippen MR) is 90.1 cm³/mol. The fourth-order valence-corrected chi connectivity index (χ4v) is 2.37. The largest absolute Gasteiger partial charge is 0.534 e. The summed E-state index contributed by atoms with van der Waals surface area (Å²) in [6.07, 6.45) is 0.420. The molecule has 0 unspecified atom stereocenters. The number of ether oxygens (including phenoxy) is 2. The second-order valence-electron chi connectivity index (χ2n) is 5.03. The Morgan fingerprint density at radius 1 is 1.34 bits per heavy atom. The highest BCUT2D eigenvalue weighted by Crippen LogP contribution is 2.38. The minimum absolute atomic E-state index is 0.0465. The molecule has 10 nitrogen and oxygen atoms in total. The number of hydrogen-bond acceptors (Lipinski definition) is 9. The van der Waals surface area contributed by atoms with E-state index < -0.39 is 50.1 Å². The molecule has 29 heavy (non-hydrogen) atoms. The minimum atomic E-state index is -6.13. The second-order valence-corrected chi connectivity index (χ2v) is 6.56. The van der Waals surface area contributed by atoms with Crippen LogP contribution in [-0.2, 0) is 19.6 Å². The molecule has 0 saturated carbocycles. The number of nitro groups is 1. The second kappa shape index (κ2) is 9.24. The SMILES string of the molecule is CCOC(=O)C(=Cc1cc(OC)c(OS(=O)(=O)C(F)(F)F)cc1[N+](=O)[O-])CC#N. The van der Waals surface area contributed by atoms with Crippen LogP contribution >= 0.6 is 0 Å². The molecular weight excluding hydrogens is 425 g/mol. The summed E-state index contributed by atoms with van der Waals surface area (Å²) in [4.78, 5) is 22.1. The lowest BCUT2D eigenvalue weighted by Gasteiger charge is -2.13. The van der Waals surface area contributed by atoms with E-state index in [9.17, 15) is 36.5 Å². The molecule has 0 bridgehead atoms. The van der Waals surface area contributed by atoms with Crippen LogP contribution in [0.25, 0.3) is 6.08 Å². The van der Waals surface area contributed by atoms with Crippen molar-refractivity contribution in [3.05, 3.63) is 33.4 Å². The summed E-state index contributed by atoms with van der Waals surface area (Å²) < 4.78 is 73.4. The summed E-state index contributed by atoms with van der Waals surface area (Å²) in [5.41, 5.74) is -7.33. The quantitative estimate of drug-likeness (QED) is 0.149. The molecule has 0 aliphatic rings. The summed E-state index contributed by atoms with van der Waals surface area (Å²) in [5.74, 6) is -2.64. The first kappa shape index (κ1) is 23.7.